The van der Waals surface area contributed by atoms with Crippen molar-refractivity contribution in [1.29, 1.82) is 0 Å². The molecule has 1 aromatic carbocycles. The van der Waals surface area contributed by atoms with Gasteiger partial charge in [-0.05, 0) is 43.5 Å². The van der Waals surface area contributed by atoms with Crippen LogP contribution in [-0.4, -0.2) is 30.9 Å². The molecular formula is C17H25NO4S. The Morgan fingerprint density at radius 3 is 2.13 bits per heavy atom. The number of carbonyl (C=O) groups is 2. The van der Waals surface area contributed by atoms with Crippen molar-refractivity contribution in [2.75, 3.05) is 24.7 Å². The minimum absolute atomic E-state index is 0.163. The predicted octanol–water partition coefficient (Wildman–Crippen LogP) is 3.42. The monoisotopic (exact) mass is 339 g/mol. The molecule has 0 atom stereocenters. The molecule has 0 aliphatic rings. The van der Waals surface area contributed by atoms with Crippen LogP contribution in [0.3, 0.4) is 0 Å². The van der Waals surface area contributed by atoms with Crippen LogP contribution in [0.4, 0.5) is 5.69 Å². The second kappa shape index (κ2) is 11.8. The third kappa shape index (κ3) is 9.84. The van der Waals surface area contributed by atoms with Crippen LogP contribution in [-0.2, 0) is 19.1 Å². The second-order valence-electron chi connectivity index (χ2n) is 5.07. The fraction of sp³-hybridized carbons (Fsp3) is 0.529. The van der Waals surface area contributed by atoms with E-state index in [0.717, 1.165) is 17.0 Å². The van der Waals surface area contributed by atoms with E-state index < -0.39 is 0 Å². The fourth-order valence-electron chi connectivity index (χ4n) is 1.74. The summed E-state index contributed by atoms with van der Waals surface area (Å²) in [6, 6.07) is 7.55. The minimum Gasteiger partial charge on any atom is -0.466 e. The summed E-state index contributed by atoms with van der Waals surface area (Å²) >= 11 is 1.60. The van der Waals surface area contributed by atoms with Gasteiger partial charge in [0.2, 0.25) is 0 Å². The lowest BCUT2D eigenvalue weighted by atomic mass is 10.3. The Morgan fingerprint density at radius 2 is 1.57 bits per heavy atom. The maximum Gasteiger partial charge on any atom is 0.306 e. The molecule has 0 aliphatic heterocycles. The van der Waals surface area contributed by atoms with Gasteiger partial charge in [0.15, 0.2) is 0 Å². The minimum atomic E-state index is -0.198. The maximum atomic E-state index is 11.6. The number of thioether (sulfide) groups is 1. The van der Waals surface area contributed by atoms with Gasteiger partial charge in [0.1, 0.15) is 0 Å². The number of anilines is 1. The summed E-state index contributed by atoms with van der Waals surface area (Å²) in [4.78, 5) is 23.8. The van der Waals surface area contributed by atoms with E-state index in [1.165, 1.54) is 0 Å². The van der Waals surface area contributed by atoms with Crippen LogP contribution in [0.2, 0.25) is 0 Å². The Bertz CT molecular complexity index is 476. The van der Waals surface area contributed by atoms with Gasteiger partial charge in [-0.2, -0.15) is 0 Å². The fourth-order valence-corrected chi connectivity index (χ4v) is 2.57. The topological polar surface area (TPSA) is 78.6 Å². The average molecular weight is 339 g/mol. The molecule has 0 amide bonds. The van der Waals surface area contributed by atoms with E-state index in [1.54, 1.807) is 11.8 Å². The van der Waals surface area contributed by atoms with E-state index in [1.807, 2.05) is 31.2 Å². The van der Waals surface area contributed by atoms with Crippen LogP contribution in [0.1, 0.15) is 39.0 Å². The summed E-state index contributed by atoms with van der Waals surface area (Å²) in [5.74, 6) is 0.317. The second-order valence-corrected chi connectivity index (χ2v) is 6.23. The molecule has 1 rings (SSSR count). The first kappa shape index (κ1) is 19.4. The van der Waals surface area contributed by atoms with E-state index in [2.05, 4.69) is 0 Å². The number of esters is 2. The predicted molar refractivity (Wildman–Crippen MR) is 92.3 cm³/mol. The third-order valence-corrected chi connectivity index (χ3v) is 3.99. The number of hydrogen-bond acceptors (Lipinski definition) is 6. The number of hydrogen-bond donors (Lipinski definition) is 1. The van der Waals surface area contributed by atoms with Gasteiger partial charge in [0.25, 0.3) is 0 Å². The molecule has 0 spiro atoms. The van der Waals surface area contributed by atoms with Crippen molar-refractivity contribution in [3.63, 3.8) is 0 Å². The molecule has 0 saturated heterocycles. The van der Waals surface area contributed by atoms with E-state index in [9.17, 15) is 9.59 Å². The average Bonchev–Trinajstić information content (AvgIpc) is 2.53. The van der Waals surface area contributed by atoms with Crippen molar-refractivity contribution >= 4 is 29.4 Å². The Hall–Kier alpha value is -1.69. The first-order valence-corrected chi connectivity index (χ1v) is 8.90. The zero-order valence-electron chi connectivity index (χ0n) is 13.6. The normalized spacial score (nSPS) is 10.3. The molecule has 2 N–H and O–H groups in total. The summed E-state index contributed by atoms with van der Waals surface area (Å²) in [5, 5.41) is 0. The number of nitrogen functional groups attached to an aromatic ring is 1. The molecule has 0 saturated carbocycles. The van der Waals surface area contributed by atoms with Crippen LogP contribution in [0.25, 0.3) is 0 Å². The quantitative estimate of drug-likeness (QED) is 0.288. The molecule has 0 aromatic heterocycles. The van der Waals surface area contributed by atoms with Crippen molar-refractivity contribution in [2.24, 2.45) is 0 Å². The maximum absolute atomic E-state index is 11.6. The van der Waals surface area contributed by atoms with E-state index >= 15 is 0 Å². The molecule has 0 heterocycles. The molecule has 0 fully saturated rings. The zero-order valence-corrected chi connectivity index (χ0v) is 14.4. The lowest BCUT2D eigenvalue weighted by Gasteiger charge is -2.06. The first-order chi connectivity index (χ1) is 11.1. The molecule has 6 heteroatoms. The van der Waals surface area contributed by atoms with Crippen LogP contribution >= 0.6 is 11.8 Å². The van der Waals surface area contributed by atoms with Crippen molar-refractivity contribution in [3.05, 3.63) is 24.3 Å². The van der Waals surface area contributed by atoms with E-state index in [0.29, 0.717) is 44.6 Å². The van der Waals surface area contributed by atoms with Crippen molar-refractivity contribution < 1.29 is 19.1 Å². The van der Waals surface area contributed by atoms with Gasteiger partial charge >= 0.3 is 11.9 Å². The number of carbonyl (C=O) groups excluding carboxylic acids is 2. The standard InChI is InChI=1S/C17H25NO4S/c1-2-5-16(19)21-11-3-4-12-22-17(20)10-13-23-15-8-6-14(18)7-9-15/h6-9H,2-5,10-13,18H2,1H3. The molecule has 0 aliphatic carbocycles. The molecule has 23 heavy (non-hydrogen) atoms. The summed E-state index contributed by atoms with van der Waals surface area (Å²) < 4.78 is 10.2. The zero-order chi connectivity index (χ0) is 16.9. The third-order valence-electron chi connectivity index (χ3n) is 2.97. The largest absolute Gasteiger partial charge is 0.466 e. The van der Waals surface area contributed by atoms with E-state index in [4.69, 9.17) is 15.2 Å². The highest BCUT2D eigenvalue weighted by molar-refractivity contribution is 7.99. The lowest BCUT2D eigenvalue weighted by Crippen LogP contribution is -2.09. The van der Waals surface area contributed by atoms with Crippen LogP contribution in [0, 0.1) is 0 Å². The number of rotatable bonds is 11. The van der Waals surface area contributed by atoms with Gasteiger partial charge < -0.3 is 15.2 Å². The number of ether oxygens (including phenoxy) is 2. The Morgan fingerprint density at radius 1 is 1.00 bits per heavy atom. The van der Waals surface area contributed by atoms with Crippen LogP contribution < -0.4 is 5.73 Å². The number of nitrogens with two attached hydrogens (primary N) is 1. The van der Waals surface area contributed by atoms with Gasteiger partial charge in [-0.15, -0.1) is 11.8 Å². The van der Waals surface area contributed by atoms with Crippen LogP contribution in [0.5, 0.6) is 0 Å². The van der Waals surface area contributed by atoms with Gasteiger partial charge in [0, 0.05) is 22.8 Å². The van der Waals surface area contributed by atoms with Crippen molar-refractivity contribution in [2.45, 2.75) is 43.9 Å². The summed E-state index contributed by atoms with van der Waals surface area (Å²) in [6.07, 6.45) is 3.05. The highest BCUT2D eigenvalue weighted by atomic mass is 32.2. The summed E-state index contributed by atoms with van der Waals surface area (Å²) in [7, 11) is 0. The lowest BCUT2D eigenvalue weighted by molar-refractivity contribution is -0.146. The van der Waals surface area contributed by atoms with Gasteiger partial charge in [-0.25, -0.2) is 0 Å². The van der Waals surface area contributed by atoms with Gasteiger partial charge in [-0.3, -0.25) is 9.59 Å². The molecule has 128 valence electrons. The Kier molecular flexibility index (Phi) is 9.95. The summed E-state index contributed by atoms with van der Waals surface area (Å²) in [6.45, 7) is 2.70. The van der Waals surface area contributed by atoms with Crippen molar-refractivity contribution in [3.8, 4) is 0 Å². The first-order valence-electron chi connectivity index (χ1n) is 7.91. The Labute approximate surface area is 141 Å². The van der Waals surface area contributed by atoms with E-state index in [-0.39, 0.29) is 11.9 Å². The molecule has 5 nitrogen and oxygen atoms in total. The highest BCUT2D eigenvalue weighted by Gasteiger charge is 2.04. The molecular weight excluding hydrogens is 314 g/mol. The van der Waals surface area contributed by atoms with Gasteiger partial charge in [0.05, 0.1) is 19.6 Å². The number of benzene rings is 1. The van der Waals surface area contributed by atoms with Gasteiger partial charge in [-0.1, -0.05) is 6.92 Å². The molecule has 0 radical (unpaired) electrons. The summed E-state index contributed by atoms with van der Waals surface area (Å²) in [5.41, 5.74) is 6.34. The smallest absolute Gasteiger partial charge is 0.306 e. The Balaban J connectivity index is 1.98. The van der Waals surface area contributed by atoms with Crippen LogP contribution in [0.15, 0.2) is 29.2 Å². The molecule has 0 bridgehead atoms. The highest BCUT2D eigenvalue weighted by Crippen LogP contribution is 2.19. The van der Waals surface area contributed by atoms with Crippen molar-refractivity contribution in [1.82, 2.24) is 0 Å². The molecule has 1 aromatic rings. The molecule has 0 unspecified atom stereocenters. The SMILES string of the molecule is CCCC(=O)OCCCCOC(=O)CCSc1ccc(N)cc1. The number of unbranched alkanes of at least 4 members (excludes halogenated alkanes) is 1.